The number of imidazole rings is 1. The molecule has 2 aromatic heterocycles. The molecule has 3 N–H and O–H groups in total. The molecule has 3 aromatic rings. The van der Waals surface area contributed by atoms with Crippen LogP contribution in [-0.2, 0) is 4.74 Å². The van der Waals surface area contributed by atoms with Gasteiger partial charge in [0.15, 0.2) is 11.2 Å². The molecule has 11 heteroatoms. The number of nitrogens with zero attached hydrogens (tertiary/aromatic N) is 7. The van der Waals surface area contributed by atoms with Gasteiger partial charge in [-0.3, -0.25) is 4.57 Å². The largest absolute Gasteiger partial charge is 0.437 e. The Kier molecular flexibility index (Phi) is 4.47. The standard InChI is InChI=1S/C16H16N8O3/c17-16-20-14-13(15(21-16)26-9-4-2-1-3-5-9)24(8-19-14)12-6-10(22-23-18)11(7-25)27-12/h1-5,8,10-12,25H,6-7H2,(H2,17,20,21)/t10-,11+,12+/m0/s1. The summed E-state index contributed by atoms with van der Waals surface area (Å²) in [6, 6.07) is 8.64. The van der Waals surface area contributed by atoms with Gasteiger partial charge in [-0.05, 0) is 17.7 Å². The van der Waals surface area contributed by atoms with Crippen molar-refractivity contribution in [2.75, 3.05) is 12.3 Å². The maximum Gasteiger partial charge on any atom is 0.250 e. The fourth-order valence-electron chi connectivity index (χ4n) is 3.06. The van der Waals surface area contributed by atoms with Crippen LogP contribution < -0.4 is 10.5 Å². The molecule has 11 nitrogen and oxygen atoms in total. The zero-order valence-electron chi connectivity index (χ0n) is 14.1. The first-order valence-electron chi connectivity index (χ1n) is 8.23. The SMILES string of the molecule is [N-]=[N+]=N[C@H]1C[C@H](n2cnc3nc(N)nc(Oc4ccccc4)c32)O[C@@H]1CO. The second-order valence-electron chi connectivity index (χ2n) is 5.95. The summed E-state index contributed by atoms with van der Waals surface area (Å²) in [5.41, 5.74) is 15.3. The highest BCUT2D eigenvalue weighted by molar-refractivity contribution is 5.78. The Morgan fingerprint density at radius 2 is 2.19 bits per heavy atom. The normalized spacial score (nSPS) is 21.9. The van der Waals surface area contributed by atoms with Crippen molar-refractivity contribution in [1.29, 1.82) is 0 Å². The monoisotopic (exact) mass is 368 g/mol. The molecular formula is C16H16N8O3. The molecular weight excluding hydrogens is 352 g/mol. The van der Waals surface area contributed by atoms with Gasteiger partial charge in [-0.25, -0.2) is 4.98 Å². The van der Waals surface area contributed by atoms with E-state index in [1.807, 2.05) is 18.2 Å². The Morgan fingerprint density at radius 3 is 2.93 bits per heavy atom. The lowest BCUT2D eigenvalue weighted by Gasteiger charge is -2.15. The van der Waals surface area contributed by atoms with Crippen molar-refractivity contribution in [2.45, 2.75) is 24.8 Å². The maximum absolute atomic E-state index is 9.48. The summed E-state index contributed by atoms with van der Waals surface area (Å²) in [5.74, 6) is 0.848. The van der Waals surface area contributed by atoms with Gasteiger partial charge >= 0.3 is 0 Å². The molecule has 0 saturated carbocycles. The minimum Gasteiger partial charge on any atom is -0.437 e. The third-order valence-electron chi connectivity index (χ3n) is 4.27. The fourth-order valence-corrected chi connectivity index (χ4v) is 3.06. The highest BCUT2D eigenvalue weighted by Gasteiger charge is 2.36. The average Bonchev–Trinajstić information content (AvgIpc) is 3.26. The predicted molar refractivity (Wildman–Crippen MR) is 94.8 cm³/mol. The number of rotatable bonds is 5. The molecule has 3 atom stereocenters. The first kappa shape index (κ1) is 17.0. The van der Waals surface area contributed by atoms with E-state index < -0.39 is 18.4 Å². The number of fused-ring (bicyclic) bond motifs is 1. The van der Waals surface area contributed by atoms with Crippen molar-refractivity contribution in [1.82, 2.24) is 19.5 Å². The van der Waals surface area contributed by atoms with Gasteiger partial charge in [0.2, 0.25) is 5.95 Å². The van der Waals surface area contributed by atoms with Crippen LogP contribution in [0.15, 0.2) is 41.8 Å². The molecule has 1 saturated heterocycles. The molecule has 1 aliphatic heterocycles. The zero-order chi connectivity index (χ0) is 18.8. The van der Waals surface area contributed by atoms with E-state index in [4.69, 9.17) is 20.7 Å². The molecule has 138 valence electrons. The lowest BCUT2D eigenvalue weighted by Crippen LogP contribution is -2.22. The average molecular weight is 368 g/mol. The molecule has 0 aliphatic carbocycles. The number of hydrogen-bond donors (Lipinski definition) is 2. The highest BCUT2D eigenvalue weighted by atomic mass is 16.5. The number of aliphatic hydroxyl groups excluding tert-OH is 1. The summed E-state index contributed by atoms with van der Waals surface area (Å²) in [5, 5.41) is 13.2. The number of aromatic nitrogens is 4. The van der Waals surface area contributed by atoms with Gasteiger partial charge in [0.25, 0.3) is 5.88 Å². The fraction of sp³-hybridized carbons (Fsp3) is 0.312. The lowest BCUT2D eigenvalue weighted by molar-refractivity contribution is -0.0231. The van der Waals surface area contributed by atoms with Crippen molar-refractivity contribution >= 4 is 17.1 Å². The number of para-hydroxylation sites is 1. The van der Waals surface area contributed by atoms with Gasteiger partial charge in [0, 0.05) is 11.3 Å². The summed E-state index contributed by atoms with van der Waals surface area (Å²) in [7, 11) is 0. The Hall–Kier alpha value is -3.40. The van der Waals surface area contributed by atoms with E-state index in [0.717, 1.165) is 0 Å². The number of hydrogen-bond acceptors (Lipinski definition) is 8. The van der Waals surface area contributed by atoms with E-state index in [9.17, 15) is 5.11 Å². The predicted octanol–water partition coefficient (Wildman–Crippen LogP) is 2.16. The topological polar surface area (TPSA) is 157 Å². The number of nitrogen functional groups attached to an aromatic ring is 1. The van der Waals surface area contributed by atoms with Crippen molar-refractivity contribution < 1.29 is 14.6 Å². The van der Waals surface area contributed by atoms with E-state index >= 15 is 0 Å². The van der Waals surface area contributed by atoms with Crippen LogP contribution in [0.1, 0.15) is 12.6 Å². The maximum atomic E-state index is 9.48. The molecule has 0 unspecified atom stereocenters. The van der Waals surface area contributed by atoms with E-state index in [-0.39, 0.29) is 18.4 Å². The molecule has 0 radical (unpaired) electrons. The Morgan fingerprint density at radius 1 is 1.37 bits per heavy atom. The Labute approximate surface area is 153 Å². The molecule has 0 amide bonds. The molecule has 0 bridgehead atoms. The molecule has 1 aliphatic rings. The van der Waals surface area contributed by atoms with Crippen LogP contribution in [0.4, 0.5) is 5.95 Å². The van der Waals surface area contributed by atoms with Gasteiger partial charge < -0.3 is 20.3 Å². The molecule has 4 rings (SSSR count). The van der Waals surface area contributed by atoms with Crippen LogP contribution in [0.5, 0.6) is 11.6 Å². The van der Waals surface area contributed by atoms with E-state index in [0.29, 0.717) is 23.3 Å². The smallest absolute Gasteiger partial charge is 0.250 e. The second-order valence-corrected chi connectivity index (χ2v) is 5.95. The number of ether oxygens (including phenoxy) is 2. The van der Waals surface area contributed by atoms with E-state index in [1.165, 1.54) is 6.33 Å². The van der Waals surface area contributed by atoms with Crippen molar-refractivity contribution in [3.63, 3.8) is 0 Å². The zero-order valence-corrected chi connectivity index (χ0v) is 14.1. The van der Waals surface area contributed by atoms with E-state index in [2.05, 4.69) is 25.0 Å². The van der Waals surface area contributed by atoms with Crippen LogP contribution in [-0.4, -0.2) is 43.4 Å². The van der Waals surface area contributed by atoms with Crippen molar-refractivity contribution in [3.05, 3.63) is 47.1 Å². The van der Waals surface area contributed by atoms with Crippen LogP contribution >= 0.6 is 0 Å². The van der Waals surface area contributed by atoms with Crippen molar-refractivity contribution in [3.8, 4) is 11.6 Å². The van der Waals surface area contributed by atoms with Gasteiger partial charge in [0.1, 0.15) is 12.0 Å². The minimum absolute atomic E-state index is 0.0335. The van der Waals surface area contributed by atoms with Gasteiger partial charge in [-0.1, -0.05) is 23.3 Å². The molecule has 1 aromatic carbocycles. The molecule has 1 fully saturated rings. The first-order valence-corrected chi connectivity index (χ1v) is 8.23. The van der Waals surface area contributed by atoms with Crippen molar-refractivity contribution in [2.24, 2.45) is 5.11 Å². The number of azide groups is 1. The van der Waals surface area contributed by atoms with Gasteiger partial charge in [-0.15, -0.1) is 0 Å². The second kappa shape index (κ2) is 7.08. The Balaban J connectivity index is 1.75. The van der Waals surface area contributed by atoms with Crippen LogP contribution in [0, 0.1) is 0 Å². The highest BCUT2D eigenvalue weighted by Crippen LogP contribution is 2.36. The number of benzene rings is 1. The summed E-state index contributed by atoms with van der Waals surface area (Å²) in [6.45, 7) is -0.260. The minimum atomic E-state index is -0.600. The van der Waals surface area contributed by atoms with Gasteiger partial charge in [0.05, 0.1) is 25.1 Å². The summed E-state index contributed by atoms with van der Waals surface area (Å²) in [6.07, 6.45) is 0.786. The third kappa shape index (κ3) is 3.22. The van der Waals surface area contributed by atoms with Gasteiger partial charge in [-0.2, -0.15) is 9.97 Å². The summed E-state index contributed by atoms with van der Waals surface area (Å²) in [4.78, 5) is 15.4. The van der Waals surface area contributed by atoms with E-state index in [1.54, 1.807) is 16.7 Å². The lowest BCUT2D eigenvalue weighted by atomic mass is 10.1. The number of anilines is 1. The third-order valence-corrected chi connectivity index (χ3v) is 4.27. The molecule has 27 heavy (non-hydrogen) atoms. The van der Waals surface area contributed by atoms with Crippen LogP contribution in [0.3, 0.4) is 0 Å². The number of nitrogens with two attached hydrogens (primary N) is 1. The van der Waals surface area contributed by atoms with Crippen LogP contribution in [0.25, 0.3) is 21.6 Å². The Bertz CT molecular complexity index is 1000. The summed E-state index contributed by atoms with van der Waals surface area (Å²) < 4.78 is 13.4. The molecule has 0 spiro atoms. The quantitative estimate of drug-likeness (QED) is 0.397. The summed E-state index contributed by atoms with van der Waals surface area (Å²) >= 11 is 0. The first-order chi connectivity index (χ1) is 13.2. The molecule has 3 heterocycles. The van der Waals surface area contributed by atoms with Crippen LogP contribution in [0.2, 0.25) is 0 Å². The number of aliphatic hydroxyl groups is 1.